The van der Waals surface area contributed by atoms with Crippen LogP contribution in [0.1, 0.15) is 5.56 Å². The van der Waals surface area contributed by atoms with E-state index in [1.807, 2.05) is 43.4 Å². The summed E-state index contributed by atoms with van der Waals surface area (Å²) in [7, 11) is 3.39. The monoisotopic (exact) mass is 256 g/mol. The molecule has 0 spiro atoms. The van der Waals surface area contributed by atoms with Gasteiger partial charge in [0.2, 0.25) is 0 Å². The molecule has 0 aliphatic carbocycles. The largest absolute Gasteiger partial charge is 0.504 e. The standard InChI is InChI=1S/C15H16N2O2/c1-17(13-6-4-3-5-7-13)16-11-12-8-9-15(19-2)14(18)10-12/h3-11,18H,1-2H3/b16-11+. The number of phenolic OH excluding ortho intramolecular Hbond substituents is 1. The lowest BCUT2D eigenvalue weighted by atomic mass is 10.2. The highest BCUT2D eigenvalue weighted by molar-refractivity contribution is 5.81. The van der Waals surface area contributed by atoms with Gasteiger partial charge < -0.3 is 9.84 Å². The lowest BCUT2D eigenvalue weighted by Crippen LogP contribution is -2.08. The van der Waals surface area contributed by atoms with Gasteiger partial charge >= 0.3 is 0 Å². The summed E-state index contributed by atoms with van der Waals surface area (Å²) in [5.74, 6) is 0.558. The van der Waals surface area contributed by atoms with Gasteiger partial charge in [-0.05, 0) is 35.9 Å². The Balaban J connectivity index is 2.12. The predicted octanol–water partition coefficient (Wildman–Crippen LogP) is 2.87. The van der Waals surface area contributed by atoms with E-state index in [0.717, 1.165) is 11.3 Å². The molecule has 2 aromatic carbocycles. The van der Waals surface area contributed by atoms with E-state index in [1.54, 1.807) is 23.4 Å². The van der Waals surface area contributed by atoms with Crippen LogP contribution in [0.25, 0.3) is 0 Å². The summed E-state index contributed by atoms with van der Waals surface area (Å²) in [5, 5.41) is 15.8. The van der Waals surface area contributed by atoms with Gasteiger partial charge in [-0.15, -0.1) is 0 Å². The molecular formula is C15H16N2O2. The fourth-order valence-corrected chi connectivity index (χ4v) is 1.65. The molecule has 0 aromatic heterocycles. The van der Waals surface area contributed by atoms with Gasteiger partial charge in [0.15, 0.2) is 11.5 Å². The first kappa shape index (κ1) is 13.0. The lowest BCUT2D eigenvalue weighted by molar-refractivity contribution is 0.373. The van der Waals surface area contributed by atoms with Gasteiger partial charge in [0.05, 0.1) is 19.0 Å². The zero-order chi connectivity index (χ0) is 13.7. The van der Waals surface area contributed by atoms with Crippen LogP contribution >= 0.6 is 0 Å². The third-order valence-corrected chi connectivity index (χ3v) is 2.71. The van der Waals surface area contributed by atoms with E-state index in [-0.39, 0.29) is 5.75 Å². The molecule has 0 heterocycles. The second-order valence-electron chi connectivity index (χ2n) is 4.04. The molecule has 0 bridgehead atoms. The Hall–Kier alpha value is -2.49. The van der Waals surface area contributed by atoms with E-state index in [2.05, 4.69) is 5.10 Å². The van der Waals surface area contributed by atoms with Crippen molar-refractivity contribution < 1.29 is 9.84 Å². The van der Waals surface area contributed by atoms with Crippen LogP contribution in [0.4, 0.5) is 5.69 Å². The van der Waals surface area contributed by atoms with Crippen LogP contribution in [0.2, 0.25) is 0 Å². The zero-order valence-electron chi connectivity index (χ0n) is 10.9. The summed E-state index contributed by atoms with van der Waals surface area (Å²) in [5.41, 5.74) is 1.80. The molecular weight excluding hydrogens is 240 g/mol. The SMILES string of the molecule is COc1ccc(/C=N/N(C)c2ccccc2)cc1O. The van der Waals surface area contributed by atoms with Gasteiger partial charge in [-0.2, -0.15) is 5.10 Å². The van der Waals surface area contributed by atoms with Crippen molar-refractivity contribution in [3.63, 3.8) is 0 Å². The highest BCUT2D eigenvalue weighted by atomic mass is 16.5. The summed E-state index contributed by atoms with van der Waals surface area (Å²) < 4.78 is 4.99. The number of phenols is 1. The van der Waals surface area contributed by atoms with Crippen molar-refractivity contribution in [2.45, 2.75) is 0 Å². The molecule has 0 aliphatic heterocycles. The number of methoxy groups -OCH3 is 1. The molecule has 1 N–H and O–H groups in total. The van der Waals surface area contributed by atoms with E-state index >= 15 is 0 Å². The maximum absolute atomic E-state index is 9.67. The van der Waals surface area contributed by atoms with Crippen LogP contribution in [-0.4, -0.2) is 25.5 Å². The van der Waals surface area contributed by atoms with Crippen molar-refractivity contribution in [1.29, 1.82) is 0 Å². The second-order valence-corrected chi connectivity index (χ2v) is 4.04. The Morgan fingerprint density at radius 1 is 1.16 bits per heavy atom. The predicted molar refractivity (Wildman–Crippen MR) is 77.1 cm³/mol. The van der Waals surface area contributed by atoms with Crippen LogP contribution in [0, 0.1) is 0 Å². The van der Waals surface area contributed by atoms with Crippen molar-refractivity contribution in [2.75, 3.05) is 19.2 Å². The molecule has 2 aromatic rings. The van der Waals surface area contributed by atoms with Crippen molar-refractivity contribution in [2.24, 2.45) is 5.10 Å². The van der Waals surface area contributed by atoms with Crippen LogP contribution < -0.4 is 9.75 Å². The first-order valence-corrected chi connectivity index (χ1v) is 5.90. The third kappa shape index (κ3) is 3.25. The highest BCUT2D eigenvalue weighted by Crippen LogP contribution is 2.25. The minimum Gasteiger partial charge on any atom is -0.504 e. The van der Waals surface area contributed by atoms with Crippen LogP contribution in [0.5, 0.6) is 11.5 Å². The van der Waals surface area contributed by atoms with Gasteiger partial charge in [-0.1, -0.05) is 18.2 Å². The molecule has 0 saturated carbocycles. The molecule has 4 nitrogen and oxygen atoms in total. The van der Waals surface area contributed by atoms with Gasteiger partial charge in [0.1, 0.15) is 0 Å². The quantitative estimate of drug-likeness (QED) is 0.675. The lowest BCUT2D eigenvalue weighted by Gasteiger charge is -2.12. The van der Waals surface area contributed by atoms with Gasteiger partial charge in [-0.3, -0.25) is 5.01 Å². The molecule has 0 saturated heterocycles. The topological polar surface area (TPSA) is 45.1 Å². The van der Waals surface area contributed by atoms with Crippen molar-refractivity contribution >= 4 is 11.9 Å². The Morgan fingerprint density at radius 3 is 2.53 bits per heavy atom. The average molecular weight is 256 g/mol. The molecule has 2 rings (SSSR count). The smallest absolute Gasteiger partial charge is 0.160 e. The molecule has 0 fully saturated rings. The summed E-state index contributed by atoms with van der Waals surface area (Å²) in [6.45, 7) is 0. The Kier molecular flexibility index (Phi) is 4.03. The Labute approximate surface area is 112 Å². The molecule has 19 heavy (non-hydrogen) atoms. The number of nitrogens with zero attached hydrogens (tertiary/aromatic N) is 2. The van der Waals surface area contributed by atoms with E-state index in [4.69, 9.17) is 4.74 Å². The molecule has 98 valence electrons. The fourth-order valence-electron chi connectivity index (χ4n) is 1.65. The Bertz CT molecular complexity index is 568. The molecule has 0 unspecified atom stereocenters. The highest BCUT2D eigenvalue weighted by Gasteiger charge is 2.01. The second kappa shape index (κ2) is 5.91. The number of rotatable bonds is 4. The van der Waals surface area contributed by atoms with E-state index in [0.29, 0.717) is 5.75 Å². The van der Waals surface area contributed by atoms with Crippen molar-refractivity contribution in [3.8, 4) is 11.5 Å². The van der Waals surface area contributed by atoms with Crippen LogP contribution in [0.3, 0.4) is 0 Å². The maximum atomic E-state index is 9.67. The summed E-state index contributed by atoms with van der Waals surface area (Å²) in [4.78, 5) is 0. The maximum Gasteiger partial charge on any atom is 0.160 e. The average Bonchev–Trinajstić information content (AvgIpc) is 2.46. The number of hydrogen-bond donors (Lipinski definition) is 1. The van der Waals surface area contributed by atoms with E-state index in [9.17, 15) is 5.11 Å². The third-order valence-electron chi connectivity index (χ3n) is 2.71. The van der Waals surface area contributed by atoms with Gasteiger partial charge in [0, 0.05) is 7.05 Å². The normalized spacial score (nSPS) is 10.6. The molecule has 0 atom stereocenters. The molecule has 0 radical (unpaired) electrons. The molecule has 0 amide bonds. The van der Waals surface area contributed by atoms with E-state index < -0.39 is 0 Å². The van der Waals surface area contributed by atoms with E-state index in [1.165, 1.54) is 7.11 Å². The minimum atomic E-state index is 0.105. The summed E-state index contributed by atoms with van der Waals surface area (Å²) >= 11 is 0. The number of benzene rings is 2. The minimum absolute atomic E-state index is 0.105. The number of ether oxygens (including phenoxy) is 1. The van der Waals surface area contributed by atoms with Gasteiger partial charge in [0.25, 0.3) is 0 Å². The number of aromatic hydroxyl groups is 1. The molecule has 0 aliphatic rings. The summed E-state index contributed by atoms with van der Waals surface area (Å²) in [6, 6.07) is 15.0. The van der Waals surface area contributed by atoms with Crippen LogP contribution in [-0.2, 0) is 0 Å². The summed E-state index contributed by atoms with van der Waals surface area (Å²) in [6.07, 6.45) is 1.69. The van der Waals surface area contributed by atoms with Crippen LogP contribution in [0.15, 0.2) is 53.6 Å². The Morgan fingerprint density at radius 2 is 1.89 bits per heavy atom. The molecule has 4 heteroatoms. The first-order valence-electron chi connectivity index (χ1n) is 5.90. The fraction of sp³-hybridized carbons (Fsp3) is 0.133. The number of hydrogen-bond acceptors (Lipinski definition) is 4. The van der Waals surface area contributed by atoms with Crippen molar-refractivity contribution in [1.82, 2.24) is 0 Å². The number of para-hydroxylation sites is 1. The van der Waals surface area contributed by atoms with Crippen molar-refractivity contribution in [3.05, 3.63) is 54.1 Å². The first-order chi connectivity index (χ1) is 9.20. The zero-order valence-corrected chi connectivity index (χ0v) is 10.9. The number of anilines is 1. The van der Waals surface area contributed by atoms with Gasteiger partial charge in [-0.25, -0.2) is 0 Å². The number of hydrazone groups is 1.